The highest BCUT2D eigenvalue weighted by atomic mass is 16.6. The minimum Gasteiger partial charge on any atom is -0.481 e. The summed E-state index contributed by atoms with van der Waals surface area (Å²) in [7, 11) is 1.67. The summed E-state index contributed by atoms with van der Waals surface area (Å²) in [4.78, 5) is 28.8. The maximum absolute atomic E-state index is 12.6. The van der Waals surface area contributed by atoms with Crippen LogP contribution < -0.4 is 5.32 Å². The molecule has 0 bridgehead atoms. The lowest BCUT2D eigenvalue weighted by atomic mass is 9.79. The Morgan fingerprint density at radius 2 is 1.92 bits per heavy atom. The van der Waals surface area contributed by atoms with Gasteiger partial charge >= 0.3 is 12.1 Å². The number of ether oxygens (including phenoxy) is 1. The van der Waals surface area contributed by atoms with Gasteiger partial charge in [-0.05, 0) is 44.4 Å². The molecule has 0 saturated heterocycles. The summed E-state index contributed by atoms with van der Waals surface area (Å²) in [5, 5.41) is 20.4. The highest BCUT2D eigenvalue weighted by Gasteiger charge is 2.29. The van der Waals surface area contributed by atoms with Gasteiger partial charge in [-0.15, -0.1) is 5.10 Å². The third-order valence-electron chi connectivity index (χ3n) is 6.40. The van der Waals surface area contributed by atoms with Crippen molar-refractivity contribution in [1.29, 1.82) is 0 Å². The van der Waals surface area contributed by atoms with E-state index in [1.807, 2.05) is 43.3 Å². The van der Waals surface area contributed by atoms with Crippen LogP contribution in [0.1, 0.15) is 55.5 Å². The summed E-state index contributed by atoms with van der Waals surface area (Å²) in [6, 6.07) is 13.1. The van der Waals surface area contributed by atoms with Crippen molar-refractivity contribution in [2.24, 2.45) is 18.9 Å². The predicted molar refractivity (Wildman–Crippen MR) is 134 cm³/mol. The van der Waals surface area contributed by atoms with Crippen LogP contribution in [0.4, 0.5) is 10.6 Å². The van der Waals surface area contributed by atoms with Crippen LogP contribution >= 0.6 is 0 Å². The smallest absolute Gasteiger partial charge is 0.413 e. The van der Waals surface area contributed by atoms with E-state index in [0.717, 1.165) is 30.4 Å². The van der Waals surface area contributed by atoms with Gasteiger partial charge < -0.3 is 9.84 Å². The Morgan fingerprint density at radius 1 is 1.17 bits per heavy atom. The molecular formula is C27H29N5O4. The van der Waals surface area contributed by atoms with Crippen molar-refractivity contribution < 1.29 is 19.4 Å². The average molecular weight is 488 g/mol. The zero-order valence-corrected chi connectivity index (χ0v) is 20.6. The van der Waals surface area contributed by atoms with Gasteiger partial charge in [-0.3, -0.25) is 10.1 Å². The van der Waals surface area contributed by atoms with E-state index < -0.39 is 24.1 Å². The number of pyridine rings is 1. The van der Waals surface area contributed by atoms with E-state index in [0.29, 0.717) is 29.3 Å². The van der Waals surface area contributed by atoms with Crippen LogP contribution in [0, 0.1) is 30.6 Å². The molecule has 0 aliphatic heterocycles. The van der Waals surface area contributed by atoms with Crippen molar-refractivity contribution in [2.45, 2.75) is 45.6 Å². The van der Waals surface area contributed by atoms with Crippen LogP contribution in [-0.2, 0) is 16.6 Å². The molecule has 1 aromatic carbocycles. The van der Waals surface area contributed by atoms with E-state index in [1.54, 1.807) is 20.0 Å². The standard InChI is InChI=1S/C27H29N5O4/c1-17-19(13-14-21-11-7-8-12-22(21)26(33)34)15-16-23(28-17)24-25(32(3)31-30-24)29-27(35)36-18(2)20-9-5-4-6-10-20/h4-6,9-10,15-16,18,21-22H,7-8,11-12H2,1-3H3,(H,29,35)(H,33,34)/t18-,21+,22-/m1/s1. The van der Waals surface area contributed by atoms with E-state index in [4.69, 9.17) is 4.74 Å². The lowest BCUT2D eigenvalue weighted by Gasteiger charge is -2.24. The van der Waals surface area contributed by atoms with Crippen molar-refractivity contribution in [3.63, 3.8) is 0 Å². The molecule has 3 aromatic rings. The van der Waals surface area contributed by atoms with E-state index >= 15 is 0 Å². The average Bonchev–Trinajstić information content (AvgIpc) is 3.23. The van der Waals surface area contributed by atoms with Crippen molar-refractivity contribution in [3.05, 3.63) is 59.3 Å². The number of aryl methyl sites for hydroxylation is 2. The Hall–Kier alpha value is -4.19. The number of hydrogen-bond acceptors (Lipinski definition) is 6. The fraction of sp³-hybridized carbons (Fsp3) is 0.370. The van der Waals surface area contributed by atoms with Crippen LogP contribution in [-0.4, -0.2) is 37.1 Å². The monoisotopic (exact) mass is 487 g/mol. The first-order valence-corrected chi connectivity index (χ1v) is 12.0. The number of carbonyl (C=O) groups is 2. The third-order valence-corrected chi connectivity index (χ3v) is 6.40. The summed E-state index contributed by atoms with van der Waals surface area (Å²) in [5.74, 6) is 5.30. The molecular weight excluding hydrogens is 458 g/mol. The molecule has 0 radical (unpaired) electrons. The lowest BCUT2D eigenvalue weighted by Crippen LogP contribution is -2.25. The van der Waals surface area contributed by atoms with Crippen molar-refractivity contribution in [3.8, 4) is 23.2 Å². The topological polar surface area (TPSA) is 119 Å². The van der Waals surface area contributed by atoms with Crippen molar-refractivity contribution in [2.75, 3.05) is 5.32 Å². The first kappa shape index (κ1) is 24.9. The molecule has 1 fully saturated rings. The van der Waals surface area contributed by atoms with Crippen LogP contribution in [0.15, 0.2) is 42.5 Å². The molecule has 2 N–H and O–H groups in total. The largest absolute Gasteiger partial charge is 0.481 e. The number of aromatic nitrogens is 4. The quantitative estimate of drug-likeness (QED) is 0.499. The minimum atomic E-state index is -0.779. The lowest BCUT2D eigenvalue weighted by molar-refractivity contribution is -0.143. The molecule has 0 unspecified atom stereocenters. The minimum absolute atomic E-state index is 0.157. The second-order valence-corrected chi connectivity index (χ2v) is 8.93. The number of benzene rings is 1. The van der Waals surface area contributed by atoms with Gasteiger partial charge in [0.15, 0.2) is 11.5 Å². The Morgan fingerprint density at radius 3 is 2.64 bits per heavy atom. The van der Waals surface area contributed by atoms with Crippen LogP contribution in [0.2, 0.25) is 0 Å². The Kier molecular flexibility index (Phi) is 7.64. The SMILES string of the molecule is Cc1nc(-c2nnn(C)c2NC(=O)O[C@H](C)c2ccccc2)ccc1C#C[C@@H]1CCCC[C@H]1C(=O)O. The van der Waals surface area contributed by atoms with Crippen LogP contribution in [0.25, 0.3) is 11.4 Å². The molecule has 0 spiro atoms. The van der Waals surface area contributed by atoms with Gasteiger partial charge in [0.25, 0.3) is 0 Å². The van der Waals surface area contributed by atoms with E-state index in [2.05, 4.69) is 32.5 Å². The maximum Gasteiger partial charge on any atom is 0.413 e. The molecule has 1 aliphatic rings. The number of nitrogens with one attached hydrogen (secondary N) is 1. The number of hydrogen-bond donors (Lipinski definition) is 2. The molecule has 4 rings (SSSR count). The number of carbonyl (C=O) groups excluding carboxylic acids is 1. The number of carboxylic acids is 1. The molecule has 1 aliphatic carbocycles. The number of aliphatic carboxylic acids is 1. The summed E-state index contributed by atoms with van der Waals surface area (Å²) < 4.78 is 6.96. The number of amides is 1. The molecule has 2 aromatic heterocycles. The Labute approximate surface area is 209 Å². The van der Waals surface area contributed by atoms with Gasteiger partial charge in [0, 0.05) is 18.5 Å². The molecule has 9 heteroatoms. The van der Waals surface area contributed by atoms with Gasteiger partial charge in [0.1, 0.15) is 6.10 Å². The molecule has 186 valence electrons. The highest BCUT2D eigenvalue weighted by molar-refractivity contribution is 5.88. The van der Waals surface area contributed by atoms with Gasteiger partial charge in [-0.2, -0.15) is 0 Å². The van der Waals surface area contributed by atoms with Crippen LogP contribution in [0.3, 0.4) is 0 Å². The Balaban J connectivity index is 1.50. The fourth-order valence-corrected chi connectivity index (χ4v) is 4.34. The second-order valence-electron chi connectivity index (χ2n) is 8.93. The van der Waals surface area contributed by atoms with Crippen LogP contribution in [0.5, 0.6) is 0 Å². The van der Waals surface area contributed by atoms with E-state index in [-0.39, 0.29) is 5.92 Å². The van der Waals surface area contributed by atoms with Crippen molar-refractivity contribution in [1.82, 2.24) is 20.0 Å². The molecule has 2 heterocycles. The number of rotatable bonds is 5. The normalized spacial score (nSPS) is 18.0. The predicted octanol–water partition coefficient (Wildman–Crippen LogP) is 4.74. The van der Waals surface area contributed by atoms with Gasteiger partial charge in [0.2, 0.25) is 0 Å². The van der Waals surface area contributed by atoms with Gasteiger partial charge in [0.05, 0.1) is 17.3 Å². The highest BCUT2D eigenvalue weighted by Crippen LogP contribution is 2.30. The molecule has 1 amide bonds. The zero-order chi connectivity index (χ0) is 25.7. The molecule has 1 saturated carbocycles. The summed E-state index contributed by atoms with van der Waals surface area (Å²) in [6.07, 6.45) is 2.32. The van der Waals surface area contributed by atoms with Gasteiger partial charge in [-0.1, -0.05) is 60.2 Å². The molecule has 36 heavy (non-hydrogen) atoms. The first-order chi connectivity index (χ1) is 17.3. The number of nitrogens with zero attached hydrogens (tertiary/aromatic N) is 4. The zero-order valence-electron chi connectivity index (χ0n) is 20.6. The summed E-state index contributed by atoms with van der Waals surface area (Å²) in [5.41, 5.74) is 3.22. The third kappa shape index (κ3) is 5.71. The van der Waals surface area contributed by atoms with Crippen molar-refractivity contribution >= 4 is 17.9 Å². The number of anilines is 1. The van der Waals surface area contributed by atoms with E-state index in [9.17, 15) is 14.7 Å². The maximum atomic E-state index is 12.6. The van der Waals surface area contributed by atoms with Gasteiger partial charge in [-0.25, -0.2) is 14.5 Å². The molecule has 3 atom stereocenters. The first-order valence-electron chi connectivity index (χ1n) is 12.0. The number of carboxylic acid groups (broad SMARTS) is 1. The Bertz CT molecular complexity index is 1310. The van der Waals surface area contributed by atoms with E-state index in [1.165, 1.54) is 4.68 Å². The summed E-state index contributed by atoms with van der Waals surface area (Å²) >= 11 is 0. The second kappa shape index (κ2) is 11.0. The molecule has 9 nitrogen and oxygen atoms in total. The summed E-state index contributed by atoms with van der Waals surface area (Å²) in [6.45, 7) is 3.64. The fourth-order valence-electron chi connectivity index (χ4n) is 4.34.